The van der Waals surface area contributed by atoms with Gasteiger partial charge in [-0.1, -0.05) is 60.8 Å². The van der Waals surface area contributed by atoms with E-state index in [1.54, 1.807) is 6.07 Å². The van der Waals surface area contributed by atoms with Crippen LogP contribution in [0.1, 0.15) is 54.7 Å². The Morgan fingerprint density at radius 2 is 1.78 bits per heavy atom. The molecular weight excluding hydrogens is 355 g/mol. The van der Waals surface area contributed by atoms with E-state index in [4.69, 9.17) is 4.84 Å². The van der Waals surface area contributed by atoms with Gasteiger partial charge in [0.2, 0.25) is 0 Å². The summed E-state index contributed by atoms with van der Waals surface area (Å²) in [6.45, 7) is 0.0354. The molecule has 2 aromatic rings. The van der Waals surface area contributed by atoms with Gasteiger partial charge in [-0.05, 0) is 42.0 Å². The Hall–Kier alpha value is -2.50. The van der Waals surface area contributed by atoms with Crippen molar-refractivity contribution >= 4 is 6.21 Å². The zero-order valence-electron chi connectivity index (χ0n) is 14.8. The van der Waals surface area contributed by atoms with Gasteiger partial charge in [0.05, 0.1) is 0 Å². The number of hydrogen-bond donors (Lipinski definition) is 0. The van der Waals surface area contributed by atoms with E-state index >= 15 is 0 Å². The molecule has 1 fully saturated rings. The molecule has 0 spiro atoms. The molecule has 27 heavy (non-hydrogen) atoms. The highest BCUT2D eigenvalue weighted by atomic mass is 19.4. The summed E-state index contributed by atoms with van der Waals surface area (Å²) in [6, 6.07) is 13.6. The number of alkyl halides is 3. The number of hydrogen-bond acceptors (Lipinski definition) is 3. The minimum absolute atomic E-state index is 0.0354. The fraction of sp³-hybridized carbons (Fsp3) is 0.381. The summed E-state index contributed by atoms with van der Waals surface area (Å²) in [5, 5.41) is 3.88. The van der Waals surface area contributed by atoms with E-state index in [1.807, 2.05) is 18.2 Å². The lowest BCUT2D eigenvalue weighted by molar-refractivity contribution is -0.274. The molecule has 1 radical (unpaired) electrons. The van der Waals surface area contributed by atoms with E-state index in [-0.39, 0.29) is 12.4 Å². The van der Waals surface area contributed by atoms with Gasteiger partial charge in [-0.2, -0.15) is 0 Å². The molecule has 1 aliphatic rings. The van der Waals surface area contributed by atoms with Crippen LogP contribution in [0.5, 0.6) is 5.75 Å². The minimum atomic E-state index is -4.71. The molecule has 0 N–H and O–H groups in total. The molecule has 0 unspecified atom stereocenters. The fourth-order valence-corrected chi connectivity index (χ4v) is 3.39. The van der Waals surface area contributed by atoms with Crippen molar-refractivity contribution in [3.63, 3.8) is 0 Å². The van der Waals surface area contributed by atoms with Crippen molar-refractivity contribution in [1.29, 1.82) is 0 Å². The topological polar surface area (TPSA) is 30.8 Å². The van der Waals surface area contributed by atoms with Crippen LogP contribution in [-0.2, 0) is 11.4 Å². The van der Waals surface area contributed by atoms with Crippen LogP contribution in [0, 0.1) is 0 Å². The maximum atomic E-state index is 12.3. The summed E-state index contributed by atoms with van der Waals surface area (Å²) in [5.74, 6) is 0.244. The summed E-state index contributed by atoms with van der Waals surface area (Å²) in [7, 11) is 0. The highest BCUT2D eigenvalue weighted by Crippen LogP contribution is 2.33. The summed E-state index contributed by atoms with van der Waals surface area (Å²) in [5.41, 5.74) is 2.66. The lowest BCUT2D eigenvalue weighted by Gasteiger charge is -2.23. The first kappa shape index (κ1) is 19.3. The van der Waals surface area contributed by atoms with E-state index in [9.17, 15) is 13.2 Å². The smallest absolute Gasteiger partial charge is 0.406 e. The average molecular weight is 376 g/mol. The van der Waals surface area contributed by atoms with E-state index in [0.29, 0.717) is 11.5 Å². The molecule has 0 aliphatic heterocycles. The van der Waals surface area contributed by atoms with E-state index in [2.05, 4.69) is 22.2 Å². The molecule has 0 bridgehead atoms. The van der Waals surface area contributed by atoms with Crippen LogP contribution >= 0.6 is 0 Å². The normalized spacial score (nSPS) is 15.8. The standard InChI is InChI=1S/C21H21F3NO2/c22-21(23,24)27-19-11-6-7-16(13-19)15-26-25-14-18-10-4-5-12-20(18)17-8-2-1-3-9-17/h4-7,10-13,17H,1-3,8-9,15H2. The number of nitrogens with zero attached hydrogens (tertiary/aromatic N) is 1. The average Bonchev–Trinajstić information content (AvgIpc) is 2.65. The lowest BCUT2D eigenvalue weighted by Crippen LogP contribution is -2.17. The highest BCUT2D eigenvalue weighted by molar-refractivity contribution is 5.81. The molecule has 3 nitrogen and oxygen atoms in total. The van der Waals surface area contributed by atoms with Crippen LogP contribution in [0.4, 0.5) is 13.2 Å². The Labute approximate surface area is 156 Å². The van der Waals surface area contributed by atoms with E-state index in [0.717, 1.165) is 5.56 Å². The van der Waals surface area contributed by atoms with Crippen LogP contribution in [0.25, 0.3) is 0 Å². The molecule has 2 aromatic carbocycles. The van der Waals surface area contributed by atoms with E-state index in [1.165, 1.54) is 55.9 Å². The second-order valence-corrected chi connectivity index (χ2v) is 6.59. The minimum Gasteiger partial charge on any atom is -0.406 e. The Morgan fingerprint density at radius 1 is 1.00 bits per heavy atom. The van der Waals surface area contributed by atoms with Crippen molar-refractivity contribution < 1.29 is 22.7 Å². The molecule has 0 amide bonds. The number of rotatable bonds is 6. The van der Waals surface area contributed by atoms with Crippen LogP contribution in [0.15, 0.2) is 53.7 Å². The first-order chi connectivity index (χ1) is 13.0. The molecule has 6 heteroatoms. The summed E-state index contributed by atoms with van der Waals surface area (Å²) in [4.78, 5) is 5.23. The third-order valence-electron chi connectivity index (χ3n) is 4.60. The van der Waals surface area contributed by atoms with Crippen LogP contribution in [0.2, 0.25) is 0 Å². The van der Waals surface area contributed by atoms with Gasteiger partial charge in [0.15, 0.2) is 0 Å². The van der Waals surface area contributed by atoms with Gasteiger partial charge >= 0.3 is 6.36 Å². The first-order valence-electron chi connectivity index (χ1n) is 9.03. The van der Waals surface area contributed by atoms with Gasteiger partial charge in [-0.15, -0.1) is 13.2 Å². The number of ether oxygens (including phenoxy) is 1. The summed E-state index contributed by atoms with van der Waals surface area (Å²) >= 11 is 0. The van der Waals surface area contributed by atoms with Gasteiger partial charge in [-0.3, -0.25) is 0 Å². The van der Waals surface area contributed by atoms with Crippen LogP contribution < -0.4 is 4.74 Å². The predicted octanol–water partition coefficient (Wildman–Crippen LogP) is 6.06. The Bertz CT molecular complexity index is 768. The molecule has 0 aromatic heterocycles. The van der Waals surface area contributed by atoms with Crippen molar-refractivity contribution in [2.75, 3.05) is 0 Å². The third-order valence-corrected chi connectivity index (χ3v) is 4.60. The van der Waals surface area contributed by atoms with Gasteiger partial charge < -0.3 is 9.57 Å². The van der Waals surface area contributed by atoms with Crippen molar-refractivity contribution in [3.8, 4) is 5.75 Å². The molecule has 1 saturated carbocycles. The quantitative estimate of drug-likeness (QED) is 0.453. The van der Waals surface area contributed by atoms with Gasteiger partial charge in [0.1, 0.15) is 18.6 Å². The van der Waals surface area contributed by atoms with Crippen molar-refractivity contribution in [1.82, 2.24) is 0 Å². The molecule has 0 saturated heterocycles. The molecular formula is C21H21F3NO2. The maximum absolute atomic E-state index is 12.3. The first-order valence-corrected chi connectivity index (χ1v) is 9.03. The molecule has 0 heterocycles. The second kappa shape index (κ2) is 8.93. The monoisotopic (exact) mass is 376 g/mol. The van der Waals surface area contributed by atoms with E-state index < -0.39 is 6.36 Å². The number of benzene rings is 2. The summed E-state index contributed by atoms with van der Waals surface area (Å²) in [6.07, 6.45) is 4.32. The Kier molecular flexibility index (Phi) is 6.37. The highest BCUT2D eigenvalue weighted by Gasteiger charge is 2.31. The predicted molar refractivity (Wildman–Crippen MR) is 96.7 cm³/mol. The van der Waals surface area contributed by atoms with Crippen molar-refractivity contribution in [3.05, 3.63) is 65.2 Å². The number of halogens is 3. The molecule has 1 aliphatic carbocycles. The zero-order chi connectivity index (χ0) is 19.1. The summed E-state index contributed by atoms with van der Waals surface area (Å²) < 4.78 is 40.7. The van der Waals surface area contributed by atoms with Crippen LogP contribution in [0.3, 0.4) is 0 Å². The second-order valence-electron chi connectivity index (χ2n) is 6.59. The lowest BCUT2D eigenvalue weighted by atomic mass is 9.82. The van der Waals surface area contributed by atoms with Crippen molar-refractivity contribution in [2.24, 2.45) is 5.16 Å². The van der Waals surface area contributed by atoms with Gasteiger partial charge in [-0.25, -0.2) is 0 Å². The van der Waals surface area contributed by atoms with Crippen LogP contribution in [-0.4, -0.2) is 12.6 Å². The molecule has 0 atom stereocenters. The zero-order valence-corrected chi connectivity index (χ0v) is 14.8. The Balaban J connectivity index is 1.59. The largest absolute Gasteiger partial charge is 0.573 e. The van der Waals surface area contributed by atoms with Gasteiger partial charge in [0.25, 0.3) is 0 Å². The molecule has 3 rings (SSSR count). The Morgan fingerprint density at radius 3 is 2.56 bits per heavy atom. The van der Waals surface area contributed by atoms with Gasteiger partial charge in [0, 0.05) is 5.56 Å². The SMILES string of the molecule is FC(F)(F)Oc1cccc(CON=[C]c2ccccc2C2CCCCC2)c1. The van der Waals surface area contributed by atoms with Crippen molar-refractivity contribution in [2.45, 2.75) is 51.0 Å². The third kappa shape index (κ3) is 6.01. The maximum Gasteiger partial charge on any atom is 0.573 e. The fourth-order valence-electron chi connectivity index (χ4n) is 3.39. The molecule has 143 valence electrons.